The molecule has 0 unspecified atom stereocenters. The van der Waals surface area contributed by atoms with Crippen molar-refractivity contribution < 1.29 is 0 Å². The summed E-state index contributed by atoms with van der Waals surface area (Å²) in [6, 6.07) is 8.19. The van der Waals surface area contributed by atoms with Crippen molar-refractivity contribution in [3.05, 3.63) is 41.9 Å². The van der Waals surface area contributed by atoms with Crippen LogP contribution in [-0.4, -0.2) is 15.2 Å². The molecule has 1 aromatic heterocycles. The van der Waals surface area contributed by atoms with Gasteiger partial charge in [-0.15, -0.1) is 5.10 Å². The van der Waals surface area contributed by atoms with Crippen LogP contribution < -0.4 is 5.73 Å². The van der Waals surface area contributed by atoms with Crippen LogP contribution in [0, 0.1) is 6.92 Å². The summed E-state index contributed by atoms with van der Waals surface area (Å²) in [6.07, 6.45) is 3.59. The molecule has 3 rings (SSSR count). The van der Waals surface area contributed by atoms with E-state index in [4.69, 9.17) is 5.73 Å². The number of aryl methyl sites for hydroxylation is 1. The molecule has 0 radical (unpaired) electrons. The highest BCUT2D eigenvalue weighted by molar-refractivity contribution is 5.58. The molecule has 0 spiro atoms. The zero-order chi connectivity index (χ0) is 11.9. The molecule has 0 bridgehead atoms. The van der Waals surface area contributed by atoms with Gasteiger partial charge in [-0.3, -0.25) is 0 Å². The third-order valence-corrected chi connectivity index (χ3v) is 3.11. The molecule has 2 N–H and O–H groups in total. The van der Waals surface area contributed by atoms with Gasteiger partial charge in [-0.25, -0.2) is 4.98 Å². The second-order valence-corrected chi connectivity index (χ2v) is 4.69. The minimum Gasteiger partial charge on any atom is -0.319 e. The Morgan fingerprint density at radius 1 is 1.29 bits per heavy atom. The van der Waals surface area contributed by atoms with Crippen LogP contribution >= 0.6 is 0 Å². The van der Waals surface area contributed by atoms with Gasteiger partial charge in [-0.1, -0.05) is 23.8 Å². The van der Waals surface area contributed by atoms with Crippen LogP contribution in [0.15, 0.2) is 30.5 Å². The third-order valence-electron chi connectivity index (χ3n) is 3.11. The van der Waals surface area contributed by atoms with Crippen molar-refractivity contribution in [2.24, 2.45) is 5.73 Å². The molecule has 1 aliphatic rings. The Hall–Kier alpha value is -1.81. The molecule has 1 fully saturated rings. The first-order chi connectivity index (χ1) is 8.17. The maximum atomic E-state index is 6.08. The van der Waals surface area contributed by atoms with E-state index in [1.165, 1.54) is 5.56 Å². The second-order valence-electron chi connectivity index (χ2n) is 4.69. The zero-order valence-corrected chi connectivity index (χ0v) is 9.72. The van der Waals surface area contributed by atoms with Crippen molar-refractivity contribution in [1.29, 1.82) is 0 Å². The lowest BCUT2D eigenvalue weighted by molar-refractivity contribution is 0.650. The van der Waals surface area contributed by atoms with Gasteiger partial charge in [0.1, 0.15) is 0 Å². The summed E-state index contributed by atoms with van der Waals surface area (Å²) in [6.45, 7) is 2.06. The van der Waals surface area contributed by atoms with Crippen LogP contribution in [0.5, 0.6) is 0 Å². The van der Waals surface area contributed by atoms with Gasteiger partial charge in [0.2, 0.25) is 0 Å². The lowest BCUT2D eigenvalue weighted by Gasteiger charge is -2.07. The van der Waals surface area contributed by atoms with Gasteiger partial charge >= 0.3 is 0 Å². The average Bonchev–Trinajstić information content (AvgIpc) is 3.09. The number of benzene rings is 1. The fourth-order valence-electron chi connectivity index (χ4n) is 1.82. The van der Waals surface area contributed by atoms with Crippen molar-refractivity contribution in [2.45, 2.75) is 25.3 Å². The summed E-state index contributed by atoms with van der Waals surface area (Å²) in [5, 5.41) is 8.04. The average molecular weight is 226 g/mol. The fraction of sp³-hybridized carbons (Fsp3) is 0.308. The molecule has 1 saturated carbocycles. The van der Waals surface area contributed by atoms with E-state index in [2.05, 4.69) is 34.2 Å². The minimum atomic E-state index is -0.327. The van der Waals surface area contributed by atoms with Crippen LogP contribution in [-0.2, 0) is 5.54 Å². The first kappa shape index (κ1) is 10.4. The van der Waals surface area contributed by atoms with Gasteiger partial charge in [-0.2, -0.15) is 5.10 Å². The third kappa shape index (κ3) is 1.91. The predicted molar refractivity (Wildman–Crippen MR) is 65.1 cm³/mol. The lowest BCUT2D eigenvalue weighted by atomic mass is 10.1. The Morgan fingerprint density at radius 3 is 2.82 bits per heavy atom. The molecule has 17 heavy (non-hydrogen) atoms. The van der Waals surface area contributed by atoms with Gasteiger partial charge in [0.05, 0.1) is 17.4 Å². The van der Waals surface area contributed by atoms with E-state index < -0.39 is 0 Å². The molecule has 1 aromatic carbocycles. The summed E-state index contributed by atoms with van der Waals surface area (Å²) < 4.78 is 0. The van der Waals surface area contributed by atoms with E-state index in [0.717, 1.165) is 24.1 Å². The summed E-state index contributed by atoms with van der Waals surface area (Å²) in [5.41, 5.74) is 8.86. The van der Waals surface area contributed by atoms with Crippen LogP contribution in [0.25, 0.3) is 11.3 Å². The van der Waals surface area contributed by atoms with Gasteiger partial charge in [0, 0.05) is 5.56 Å². The minimum absolute atomic E-state index is 0.327. The Balaban J connectivity index is 2.03. The van der Waals surface area contributed by atoms with E-state index in [9.17, 15) is 0 Å². The maximum Gasteiger partial charge on any atom is 0.171 e. The molecule has 0 amide bonds. The maximum absolute atomic E-state index is 6.08. The van der Waals surface area contributed by atoms with Crippen LogP contribution in [0.2, 0.25) is 0 Å². The SMILES string of the molecule is Cc1cccc(-c2cnnc(C3(N)CC3)n2)c1. The number of hydrogen-bond acceptors (Lipinski definition) is 4. The normalized spacial score (nSPS) is 16.8. The number of aromatic nitrogens is 3. The van der Waals surface area contributed by atoms with Crippen LogP contribution in [0.1, 0.15) is 24.2 Å². The van der Waals surface area contributed by atoms with Crippen molar-refractivity contribution in [3.63, 3.8) is 0 Å². The lowest BCUT2D eigenvalue weighted by Crippen LogP contribution is -2.22. The van der Waals surface area contributed by atoms with Crippen molar-refractivity contribution in [3.8, 4) is 11.3 Å². The van der Waals surface area contributed by atoms with Crippen molar-refractivity contribution in [2.75, 3.05) is 0 Å². The van der Waals surface area contributed by atoms with Crippen molar-refractivity contribution in [1.82, 2.24) is 15.2 Å². The van der Waals surface area contributed by atoms with E-state index in [0.29, 0.717) is 5.82 Å². The van der Waals surface area contributed by atoms with Gasteiger partial charge < -0.3 is 5.73 Å². The van der Waals surface area contributed by atoms with Crippen LogP contribution in [0.4, 0.5) is 0 Å². The number of nitrogens with two attached hydrogens (primary N) is 1. The summed E-state index contributed by atoms with van der Waals surface area (Å²) in [4.78, 5) is 4.52. The highest BCUT2D eigenvalue weighted by Gasteiger charge is 2.43. The molecule has 4 nitrogen and oxygen atoms in total. The monoisotopic (exact) mass is 226 g/mol. The Morgan fingerprint density at radius 2 is 2.12 bits per heavy atom. The largest absolute Gasteiger partial charge is 0.319 e. The summed E-state index contributed by atoms with van der Waals surface area (Å²) in [7, 11) is 0. The van der Waals surface area contributed by atoms with E-state index in [-0.39, 0.29) is 5.54 Å². The summed E-state index contributed by atoms with van der Waals surface area (Å²) >= 11 is 0. The molecule has 1 aliphatic carbocycles. The fourth-order valence-corrected chi connectivity index (χ4v) is 1.82. The first-order valence-electron chi connectivity index (χ1n) is 5.73. The van der Waals surface area contributed by atoms with Gasteiger partial charge in [0.15, 0.2) is 5.82 Å². The first-order valence-corrected chi connectivity index (χ1v) is 5.73. The topological polar surface area (TPSA) is 64.7 Å². The van der Waals surface area contributed by atoms with Crippen molar-refractivity contribution >= 4 is 0 Å². The van der Waals surface area contributed by atoms with Gasteiger partial charge in [0.25, 0.3) is 0 Å². The van der Waals surface area contributed by atoms with E-state index >= 15 is 0 Å². The second kappa shape index (κ2) is 3.60. The number of nitrogens with zero attached hydrogens (tertiary/aromatic N) is 3. The Bertz CT molecular complexity index is 561. The van der Waals surface area contributed by atoms with E-state index in [1.54, 1.807) is 6.20 Å². The van der Waals surface area contributed by atoms with Gasteiger partial charge in [-0.05, 0) is 25.8 Å². The molecule has 0 aliphatic heterocycles. The predicted octanol–water partition coefficient (Wildman–Crippen LogP) is 1.79. The number of hydrogen-bond donors (Lipinski definition) is 1. The molecule has 0 saturated heterocycles. The number of rotatable bonds is 2. The molecule has 1 heterocycles. The highest BCUT2D eigenvalue weighted by atomic mass is 15.2. The van der Waals surface area contributed by atoms with E-state index in [1.807, 2.05) is 12.1 Å². The molecular formula is C13H14N4. The Kier molecular flexibility index (Phi) is 2.19. The zero-order valence-electron chi connectivity index (χ0n) is 9.72. The standard InChI is InChI=1S/C13H14N4/c1-9-3-2-4-10(7-9)11-8-15-17-12(16-11)13(14)5-6-13/h2-4,7-8H,5-6,14H2,1H3. The smallest absolute Gasteiger partial charge is 0.171 e. The quantitative estimate of drug-likeness (QED) is 0.848. The summed E-state index contributed by atoms with van der Waals surface area (Å²) in [5.74, 6) is 0.663. The van der Waals surface area contributed by atoms with Crippen LogP contribution in [0.3, 0.4) is 0 Å². The molecule has 0 atom stereocenters. The highest BCUT2D eigenvalue weighted by Crippen LogP contribution is 2.40. The molecule has 4 heteroatoms. The molecule has 2 aromatic rings. The molecular weight excluding hydrogens is 212 g/mol. The Labute approximate surface area is 99.9 Å². The molecule has 86 valence electrons.